The van der Waals surface area contributed by atoms with Crippen molar-refractivity contribution in [2.45, 2.75) is 0 Å². The highest BCUT2D eigenvalue weighted by atomic mass is 35.5. The number of rotatable bonds is 6. The van der Waals surface area contributed by atoms with E-state index in [1.165, 1.54) is 25.3 Å². The molecule has 0 aromatic heterocycles. The molecule has 0 spiro atoms. The Morgan fingerprint density at radius 1 is 1.00 bits per heavy atom. The van der Waals surface area contributed by atoms with Gasteiger partial charge in [0.05, 0.1) is 28.3 Å². The second-order valence-electron chi connectivity index (χ2n) is 5.82. The second-order valence-corrected chi connectivity index (χ2v) is 6.64. The van der Waals surface area contributed by atoms with E-state index in [9.17, 15) is 19.2 Å². The standard InChI is InChI=1S/C19H13Cl2NO6/c1-27-11-4-2-3-10(5-11)16(23)9-28-17(24)8-22-18(25)12-6-14(20)15(21)7-13(12)19(22)26/h2-7H,8-9H2,1H3. The van der Waals surface area contributed by atoms with Crippen LogP contribution in [0.4, 0.5) is 0 Å². The maximum absolute atomic E-state index is 12.4. The lowest BCUT2D eigenvalue weighted by molar-refractivity contribution is -0.142. The molecule has 0 radical (unpaired) electrons. The van der Waals surface area contributed by atoms with E-state index in [4.69, 9.17) is 32.7 Å². The van der Waals surface area contributed by atoms with Crippen molar-refractivity contribution in [3.63, 3.8) is 0 Å². The Balaban J connectivity index is 1.63. The van der Waals surface area contributed by atoms with Crippen LogP contribution in [0, 0.1) is 0 Å². The minimum absolute atomic E-state index is 0.0552. The number of ketones is 1. The Hall–Kier alpha value is -2.90. The van der Waals surface area contributed by atoms with Crippen molar-refractivity contribution in [1.29, 1.82) is 0 Å². The van der Waals surface area contributed by atoms with Gasteiger partial charge >= 0.3 is 5.97 Å². The zero-order valence-corrected chi connectivity index (χ0v) is 16.0. The zero-order valence-electron chi connectivity index (χ0n) is 14.5. The van der Waals surface area contributed by atoms with Crippen LogP contribution in [0.15, 0.2) is 36.4 Å². The molecule has 0 fully saturated rings. The Morgan fingerprint density at radius 2 is 1.61 bits per heavy atom. The highest BCUT2D eigenvalue weighted by molar-refractivity contribution is 6.43. The Morgan fingerprint density at radius 3 is 2.18 bits per heavy atom. The quantitative estimate of drug-likeness (QED) is 0.404. The molecule has 0 unspecified atom stereocenters. The molecule has 3 rings (SSSR count). The molecular weight excluding hydrogens is 409 g/mol. The molecule has 7 nitrogen and oxygen atoms in total. The molecule has 2 amide bonds. The number of benzene rings is 2. The maximum atomic E-state index is 12.4. The predicted octanol–water partition coefficient (Wildman–Crippen LogP) is 3.02. The largest absolute Gasteiger partial charge is 0.497 e. The molecule has 9 heteroatoms. The molecule has 0 aliphatic carbocycles. The van der Waals surface area contributed by atoms with Crippen LogP contribution in [-0.4, -0.2) is 48.7 Å². The fraction of sp³-hybridized carbons (Fsp3) is 0.158. The second kappa shape index (κ2) is 8.00. The first kappa shape index (κ1) is 19.9. The summed E-state index contributed by atoms with van der Waals surface area (Å²) < 4.78 is 9.94. The number of imide groups is 1. The summed E-state index contributed by atoms with van der Waals surface area (Å²) in [4.78, 5) is 49.6. The smallest absolute Gasteiger partial charge is 0.326 e. The number of nitrogens with zero attached hydrogens (tertiary/aromatic N) is 1. The van der Waals surface area contributed by atoms with Gasteiger partial charge in [0.2, 0.25) is 0 Å². The van der Waals surface area contributed by atoms with Crippen LogP contribution in [0.1, 0.15) is 31.1 Å². The minimum atomic E-state index is -0.900. The SMILES string of the molecule is COc1cccc(C(=O)COC(=O)CN2C(=O)c3cc(Cl)c(Cl)cc3C2=O)c1. The van der Waals surface area contributed by atoms with Gasteiger partial charge in [-0.3, -0.25) is 24.1 Å². The maximum Gasteiger partial charge on any atom is 0.326 e. The highest BCUT2D eigenvalue weighted by Crippen LogP contribution is 2.31. The van der Waals surface area contributed by atoms with Crippen molar-refractivity contribution in [3.8, 4) is 5.75 Å². The van der Waals surface area contributed by atoms with Crippen molar-refractivity contribution in [2.24, 2.45) is 0 Å². The molecule has 0 saturated heterocycles. The number of amides is 2. The molecule has 1 heterocycles. The Kier molecular flexibility index (Phi) is 5.67. The first-order chi connectivity index (χ1) is 13.3. The third-order valence-corrected chi connectivity index (χ3v) is 4.78. The van der Waals surface area contributed by atoms with Gasteiger partial charge in [-0.25, -0.2) is 0 Å². The number of Topliss-reactive ketones (excluding diaryl/α,β-unsaturated/α-hetero) is 1. The number of ether oxygens (including phenoxy) is 2. The lowest BCUT2D eigenvalue weighted by Crippen LogP contribution is -2.36. The molecule has 2 aromatic carbocycles. The van der Waals surface area contributed by atoms with Crippen molar-refractivity contribution in [2.75, 3.05) is 20.3 Å². The number of halogens is 2. The van der Waals surface area contributed by atoms with E-state index in [2.05, 4.69) is 0 Å². The summed E-state index contributed by atoms with van der Waals surface area (Å²) >= 11 is 11.7. The van der Waals surface area contributed by atoms with Gasteiger partial charge < -0.3 is 9.47 Å². The van der Waals surface area contributed by atoms with Crippen LogP contribution in [0.25, 0.3) is 0 Å². The average molecular weight is 422 g/mol. The van der Waals surface area contributed by atoms with Crippen LogP contribution in [0.3, 0.4) is 0 Å². The van der Waals surface area contributed by atoms with Crippen molar-refractivity contribution < 1.29 is 28.7 Å². The van der Waals surface area contributed by atoms with Gasteiger partial charge in [0.15, 0.2) is 12.4 Å². The van der Waals surface area contributed by atoms with Gasteiger partial charge in [0.1, 0.15) is 12.3 Å². The zero-order chi connectivity index (χ0) is 20.4. The van der Waals surface area contributed by atoms with E-state index in [1.54, 1.807) is 18.2 Å². The van der Waals surface area contributed by atoms with E-state index < -0.39 is 36.7 Å². The lowest BCUT2D eigenvalue weighted by Gasteiger charge is -2.12. The number of hydrogen-bond acceptors (Lipinski definition) is 6. The van der Waals surface area contributed by atoms with Gasteiger partial charge in [-0.15, -0.1) is 0 Å². The summed E-state index contributed by atoms with van der Waals surface area (Å²) in [6.45, 7) is -1.17. The van der Waals surface area contributed by atoms with Crippen LogP contribution in [0.2, 0.25) is 10.0 Å². The number of carbonyl (C=O) groups is 4. The summed E-state index contributed by atoms with van der Waals surface area (Å²) in [5.41, 5.74) is 0.413. The van der Waals surface area contributed by atoms with Crippen LogP contribution >= 0.6 is 23.2 Å². The van der Waals surface area contributed by atoms with Crippen molar-refractivity contribution >= 4 is 46.8 Å². The first-order valence-electron chi connectivity index (χ1n) is 8.00. The van der Waals surface area contributed by atoms with E-state index >= 15 is 0 Å². The molecule has 1 aliphatic heterocycles. The van der Waals surface area contributed by atoms with E-state index in [0.717, 1.165) is 4.90 Å². The number of esters is 1. The fourth-order valence-corrected chi connectivity index (χ4v) is 2.96. The molecule has 144 valence electrons. The first-order valence-corrected chi connectivity index (χ1v) is 8.75. The lowest BCUT2D eigenvalue weighted by atomic mass is 10.1. The fourth-order valence-electron chi connectivity index (χ4n) is 2.63. The molecule has 2 aromatic rings. The van der Waals surface area contributed by atoms with Gasteiger partial charge in [-0.2, -0.15) is 0 Å². The summed E-state index contributed by atoms with van der Waals surface area (Å²) in [6, 6.07) is 8.91. The van der Waals surface area contributed by atoms with E-state index in [0.29, 0.717) is 11.3 Å². The van der Waals surface area contributed by atoms with Crippen molar-refractivity contribution in [1.82, 2.24) is 4.90 Å². The predicted molar refractivity (Wildman–Crippen MR) is 100 cm³/mol. The highest BCUT2D eigenvalue weighted by Gasteiger charge is 2.37. The van der Waals surface area contributed by atoms with Crippen LogP contribution in [0.5, 0.6) is 5.75 Å². The van der Waals surface area contributed by atoms with Crippen LogP contribution < -0.4 is 4.74 Å². The topological polar surface area (TPSA) is 90.0 Å². The summed E-state index contributed by atoms with van der Waals surface area (Å²) in [5.74, 6) is -2.24. The van der Waals surface area contributed by atoms with Gasteiger partial charge in [0.25, 0.3) is 11.8 Å². The van der Waals surface area contributed by atoms with Gasteiger partial charge in [0, 0.05) is 5.56 Å². The molecule has 0 saturated carbocycles. The molecule has 0 bridgehead atoms. The summed E-state index contributed by atoms with van der Waals surface area (Å²) in [6.07, 6.45) is 0. The normalized spacial score (nSPS) is 12.8. The van der Waals surface area contributed by atoms with E-state index in [1.807, 2.05) is 0 Å². The van der Waals surface area contributed by atoms with E-state index in [-0.39, 0.29) is 21.2 Å². The number of hydrogen-bond donors (Lipinski definition) is 0. The molecular formula is C19H13Cl2NO6. The summed E-state index contributed by atoms with van der Waals surface area (Å²) in [5, 5.41) is 0.241. The monoisotopic (exact) mass is 421 g/mol. The Labute approximate surface area is 169 Å². The number of methoxy groups -OCH3 is 1. The Bertz CT molecular complexity index is 963. The van der Waals surface area contributed by atoms with Gasteiger partial charge in [-0.05, 0) is 24.3 Å². The molecule has 28 heavy (non-hydrogen) atoms. The van der Waals surface area contributed by atoms with Gasteiger partial charge in [-0.1, -0.05) is 35.3 Å². The van der Waals surface area contributed by atoms with Crippen LogP contribution in [-0.2, 0) is 9.53 Å². The molecule has 1 aliphatic rings. The third-order valence-electron chi connectivity index (χ3n) is 4.05. The number of carbonyl (C=O) groups excluding carboxylic acids is 4. The van der Waals surface area contributed by atoms with Crippen molar-refractivity contribution in [3.05, 3.63) is 63.1 Å². The molecule has 0 atom stereocenters. The summed E-state index contributed by atoms with van der Waals surface area (Å²) in [7, 11) is 1.46. The third kappa shape index (κ3) is 3.85. The average Bonchev–Trinajstić information content (AvgIpc) is 2.91. The number of fused-ring (bicyclic) bond motifs is 1. The molecule has 0 N–H and O–H groups in total. The minimum Gasteiger partial charge on any atom is -0.497 e.